The van der Waals surface area contributed by atoms with E-state index < -0.39 is 5.69 Å². The quantitative estimate of drug-likeness (QED) is 0.201. The van der Waals surface area contributed by atoms with Gasteiger partial charge in [-0.25, -0.2) is 24.1 Å². The number of hydrogen-bond donors (Lipinski definition) is 0. The third-order valence-electron chi connectivity index (χ3n) is 7.79. The van der Waals surface area contributed by atoms with Crippen molar-refractivity contribution in [1.82, 2.24) is 29.3 Å². The first-order valence-electron chi connectivity index (χ1n) is 14.3. The van der Waals surface area contributed by atoms with Crippen LogP contribution in [0, 0.1) is 0 Å². The molecule has 8 nitrogen and oxygen atoms in total. The predicted molar refractivity (Wildman–Crippen MR) is 177 cm³/mol. The molecule has 9 rings (SSSR count). The standard InChI is InChI=1S/C36H20N6O2S/c43-35-40-34(25-15-9-17-28-30(25)24-14-7-8-16-27(24)44-28)41-36-42(35)26-19-18-23(20-29(26)45-36)33-38-31(21-10-3-1-4-11-21)37-32(39-33)22-12-5-2-6-13-22/h1-20H. The number of aromatic nitrogens is 6. The maximum absolute atomic E-state index is 13.5. The lowest BCUT2D eigenvalue weighted by Gasteiger charge is -2.08. The summed E-state index contributed by atoms with van der Waals surface area (Å²) in [4.78, 5) is 37.9. The number of fused-ring (bicyclic) bond motifs is 6. The molecule has 4 heterocycles. The van der Waals surface area contributed by atoms with Crippen LogP contribution in [0.1, 0.15) is 0 Å². The van der Waals surface area contributed by atoms with Gasteiger partial charge in [0.05, 0.1) is 10.2 Å². The van der Waals surface area contributed by atoms with Crippen LogP contribution in [-0.2, 0) is 0 Å². The molecule has 45 heavy (non-hydrogen) atoms. The Morgan fingerprint density at radius 2 is 1.20 bits per heavy atom. The van der Waals surface area contributed by atoms with E-state index in [1.54, 1.807) is 4.40 Å². The van der Waals surface area contributed by atoms with E-state index in [1.807, 2.05) is 121 Å². The molecular formula is C36H20N6O2S. The summed E-state index contributed by atoms with van der Waals surface area (Å²) in [7, 11) is 0. The molecule has 212 valence electrons. The van der Waals surface area contributed by atoms with Crippen LogP contribution in [0.5, 0.6) is 0 Å². The molecule has 0 spiro atoms. The molecule has 4 aromatic heterocycles. The average Bonchev–Trinajstić information content (AvgIpc) is 3.67. The van der Waals surface area contributed by atoms with E-state index in [1.165, 1.54) is 11.3 Å². The molecule has 0 aliphatic rings. The molecular weight excluding hydrogens is 581 g/mol. The summed E-state index contributed by atoms with van der Waals surface area (Å²) < 4.78 is 8.48. The Kier molecular flexibility index (Phi) is 5.66. The van der Waals surface area contributed by atoms with E-state index in [0.29, 0.717) is 28.3 Å². The van der Waals surface area contributed by atoms with Gasteiger partial charge >= 0.3 is 5.69 Å². The van der Waals surface area contributed by atoms with Gasteiger partial charge in [-0.3, -0.25) is 0 Å². The third kappa shape index (κ3) is 4.21. The van der Waals surface area contributed by atoms with Gasteiger partial charge in [-0.2, -0.15) is 9.97 Å². The monoisotopic (exact) mass is 600 g/mol. The van der Waals surface area contributed by atoms with E-state index in [-0.39, 0.29) is 0 Å². The van der Waals surface area contributed by atoms with Crippen molar-refractivity contribution in [2.75, 3.05) is 0 Å². The maximum atomic E-state index is 13.5. The Morgan fingerprint density at radius 1 is 0.556 bits per heavy atom. The first-order chi connectivity index (χ1) is 22.2. The largest absolute Gasteiger partial charge is 0.456 e. The zero-order chi connectivity index (χ0) is 29.9. The van der Waals surface area contributed by atoms with Gasteiger partial charge in [-0.15, -0.1) is 0 Å². The minimum absolute atomic E-state index is 0.362. The number of rotatable bonds is 4. The van der Waals surface area contributed by atoms with Gasteiger partial charge in [0.1, 0.15) is 11.2 Å². The molecule has 0 saturated heterocycles. The summed E-state index contributed by atoms with van der Waals surface area (Å²) in [6.45, 7) is 0. The molecule has 0 aliphatic heterocycles. The van der Waals surface area contributed by atoms with Gasteiger partial charge in [-0.1, -0.05) is 102 Å². The molecule has 0 N–H and O–H groups in total. The van der Waals surface area contributed by atoms with Crippen LogP contribution in [0.3, 0.4) is 0 Å². The second-order valence-corrected chi connectivity index (χ2v) is 11.6. The zero-order valence-electron chi connectivity index (χ0n) is 23.5. The predicted octanol–water partition coefficient (Wildman–Crippen LogP) is 8.06. The molecule has 0 amide bonds. The topological polar surface area (TPSA) is 99.1 Å². The first-order valence-corrected chi connectivity index (χ1v) is 15.1. The molecule has 5 aromatic carbocycles. The van der Waals surface area contributed by atoms with Crippen molar-refractivity contribution in [1.29, 1.82) is 0 Å². The lowest BCUT2D eigenvalue weighted by Crippen LogP contribution is -2.17. The van der Waals surface area contributed by atoms with Crippen molar-refractivity contribution >= 4 is 48.5 Å². The lowest BCUT2D eigenvalue weighted by atomic mass is 10.1. The summed E-state index contributed by atoms with van der Waals surface area (Å²) in [5.41, 5.74) is 5.19. The fraction of sp³-hybridized carbons (Fsp3) is 0. The fourth-order valence-electron chi connectivity index (χ4n) is 5.70. The number of benzene rings is 5. The van der Waals surface area contributed by atoms with Crippen LogP contribution in [0.2, 0.25) is 0 Å². The van der Waals surface area contributed by atoms with Crippen LogP contribution in [0.4, 0.5) is 0 Å². The van der Waals surface area contributed by atoms with Crippen molar-refractivity contribution in [2.45, 2.75) is 0 Å². The van der Waals surface area contributed by atoms with Crippen LogP contribution >= 0.6 is 11.3 Å². The molecule has 0 radical (unpaired) electrons. The van der Waals surface area contributed by atoms with Crippen molar-refractivity contribution in [3.63, 3.8) is 0 Å². The van der Waals surface area contributed by atoms with Gasteiger partial charge in [0.2, 0.25) is 4.96 Å². The van der Waals surface area contributed by atoms with Crippen molar-refractivity contribution in [2.24, 2.45) is 0 Å². The number of thiazole rings is 1. The Labute approximate surface area is 259 Å². The lowest BCUT2D eigenvalue weighted by molar-refractivity contribution is 0.669. The Balaban J connectivity index is 1.21. The molecule has 0 aliphatic carbocycles. The Bertz CT molecular complexity index is 2570. The third-order valence-corrected chi connectivity index (χ3v) is 8.79. The number of nitrogens with zero attached hydrogens (tertiary/aromatic N) is 6. The molecule has 0 saturated carbocycles. The SMILES string of the molecule is O=c1nc(-c2cccc3oc4ccccc4c23)nc2sc3cc(-c4nc(-c5ccccc5)nc(-c5ccccc5)n4)ccc3n12. The molecule has 0 unspecified atom stereocenters. The second-order valence-electron chi connectivity index (χ2n) is 10.5. The van der Waals surface area contributed by atoms with Crippen molar-refractivity contribution < 1.29 is 4.42 Å². The van der Waals surface area contributed by atoms with Gasteiger partial charge in [-0.05, 0) is 30.3 Å². The second kappa shape index (κ2) is 10.0. The minimum atomic E-state index is -0.392. The highest BCUT2D eigenvalue weighted by atomic mass is 32.1. The summed E-state index contributed by atoms with van der Waals surface area (Å²) in [5.74, 6) is 2.08. The van der Waals surface area contributed by atoms with E-state index in [0.717, 1.165) is 54.4 Å². The van der Waals surface area contributed by atoms with E-state index >= 15 is 0 Å². The highest BCUT2D eigenvalue weighted by Gasteiger charge is 2.18. The Hall–Kier alpha value is -6.06. The minimum Gasteiger partial charge on any atom is -0.456 e. The van der Waals surface area contributed by atoms with Crippen molar-refractivity contribution in [3.05, 3.63) is 132 Å². The smallest absolute Gasteiger partial charge is 0.356 e. The average molecular weight is 601 g/mol. The summed E-state index contributed by atoms with van der Waals surface area (Å²) in [5, 5.41) is 1.84. The molecule has 9 aromatic rings. The van der Waals surface area contributed by atoms with E-state index in [2.05, 4.69) is 4.98 Å². The van der Waals surface area contributed by atoms with Gasteiger partial charge in [0.25, 0.3) is 0 Å². The normalized spacial score (nSPS) is 11.6. The van der Waals surface area contributed by atoms with Gasteiger partial charge in [0, 0.05) is 33.0 Å². The molecule has 0 atom stereocenters. The molecule has 0 bridgehead atoms. The highest BCUT2D eigenvalue weighted by molar-refractivity contribution is 7.23. The van der Waals surface area contributed by atoms with Gasteiger partial charge < -0.3 is 4.42 Å². The maximum Gasteiger partial charge on any atom is 0.356 e. The van der Waals surface area contributed by atoms with Crippen molar-refractivity contribution in [3.8, 4) is 45.6 Å². The van der Waals surface area contributed by atoms with Crippen LogP contribution in [-0.4, -0.2) is 29.3 Å². The molecule has 0 fully saturated rings. The summed E-state index contributed by atoms with van der Waals surface area (Å²) in [6.07, 6.45) is 0. The fourth-order valence-corrected chi connectivity index (χ4v) is 6.75. The van der Waals surface area contributed by atoms with Crippen LogP contribution < -0.4 is 5.69 Å². The van der Waals surface area contributed by atoms with E-state index in [9.17, 15) is 4.79 Å². The van der Waals surface area contributed by atoms with Crippen LogP contribution in [0.15, 0.2) is 131 Å². The number of furan rings is 1. The zero-order valence-corrected chi connectivity index (χ0v) is 24.3. The summed E-state index contributed by atoms with van der Waals surface area (Å²) >= 11 is 1.42. The number of hydrogen-bond acceptors (Lipinski definition) is 8. The molecule has 9 heteroatoms. The summed E-state index contributed by atoms with van der Waals surface area (Å²) in [6, 6.07) is 39.1. The first kappa shape index (κ1) is 25.4. The highest BCUT2D eigenvalue weighted by Crippen LogP contribution is 2.36. The van der Waals surface area contributed by atoms with Crippen LogP contribution in [0.25, 0.3) is 82.7 Å². The Morgan fingerprint density at radius 3 is 1.93 bits per heavy atom. The van der Waals surface area contributed by atoms with E-state index in [4.69, 9.17) is 24.4 Å². The van der Waals surface area contributed by atoms with Gasteiger partial charge in [0.15, 0.2) is 23.3 Å². The number of para-hydroxylation sites is 1.